The topological polar surface area (TPSA) is 77.2 Å². The lowest BCUT2D eigenvalue weighted by Crippen LogP contribution is -2.15. The zero-order valence-electron chi connectivity index (χ0n) is 15.7. The van der Waals surface area contributed by atoms with Crippen LogP contribution < -0.4 is 15.8 Å². The highest BCUT2D eigenvalue weighted by atomic mass is 16.5. The highest BCUT2D eigenvalue weighted by Crippen LogP contribution is 2.20. The molecule has 138 valence electrons. The van der Waals surface area contributed by atoms with Crippen molar-refractivity contribution in [2.45, 2.75) is 40.0 Å². The zero-order chi connectivity index (χ0) is 18.9. The van der Waals surface area contributed by atoms with Crippen LogP contribution in [-0.4, -0.2) is 17.5 Å². The molecule has 2 aromatic rings. The van der Waals surface area contributed by atoms with Gasteiger partial charge in [-0.2, -0.15) is 0 Å². The standard InChI is InChI=1S/C21H27N3O2/c1-4-5-6-7-8-12-26-18-11-9-10-17(14-18)24-21(25)19-13-15(2)16(3)23-20(19)22/h7-11,13-14H,4-6,12H2,1-3H3,(H2,22,23)(H,24,25). The number of hydrogen-bond donors (Lipinski definition) is 2. The molecule has 0 unspecified atom stereocenters. The summed E-state index contributed by atoms with van der Waals surface area (Å²) < 4.78 is 5.70. The molecule has 0 saturated heterocycles. The van der Waals surface area contributed by atoms with E-state index in [1.54, 1.807) is 12.1 Å². The van der Waals surface area contributed by atoms with Gasteiger partial charge >= 0.3 is 0 Å². The van der Waals surface area contributed by atoms with Crippen LogP contribution in [0.25, 0.3) is 0 Å². The normalized spacial score (nSPS) is 10.9. The first-order chi connectivity index (χ1) is 12.5. The fourth-order valence-electron chi connectivity index (χ4n) is 2.42. The lowest BCUT2D eigenvalue weighted by atomic mass is 10.1. The third kappa shape index (κ3) is 5.62. The van der Waals surface area contributed by atoms with Gasteiger partial charge in [0.1, 0.15) is 18.2 Å². The van der Waals surface area contributed by atoms with E-state index in [4.69, 9.17) is 10.5 Å². The van der Waals surface area contributed by atoms with Crippen molar-refractivity contribution >= 4 is 17.4 Å². The number of rotatable bonds is 8. The van der Waals surface area contributed by atoms with Crippen LogP contribution in [0.5, 0.6) is 5.75 Å². The Morgan fingerprint density at radius 3 is 2.85 bits per heavy atom. The van der Waals surface area contributed by atoms with E-state index < -0.39 is 0 Å². The van der Waals surface area contributed by atoms with Gasteiger partial charge in [-0.15, -0.1) is 0 Å². The summed E-state index contributed by atoms with van der Waals surface area (Å²) in [6.07, 6.45) is 7.59. The minimum Gasteiger partial charge on any atom is -0.489 e. The summed E-state index contributed by atoms with van der Waals surface area (Å²) in [6, 6.07) is 9.07. The number of amides is 1. The van der Waals surface area contributed by atoms with Crippen molar-refractivity contribution in [3.8, 4) is 5.75 Å². The maximum absolute atomic E-state index is 12.5. The summed E-state index contributed by atoms with van der Waals surface area (Å²) in [5.74, 6) is 0.652. The minimum atomic E-state index is -0.283. The van der Waals surface area contributed by atoms with Crippen LogP contribution in [0.4, 0.5) is 11.5 Å². The Balaban J connectivity index is 1.98. The van der Waals surface area contributed by atoms with E-state index in [1.807, 2.05) is 38.1 Å². The number of ether oxygens (including phenoxy) is 1. The molecule has 0 spiro atoms. The van der Waals surface area contributed by atoms with Gasteiger partial charge in [0.2, 0.25) is 0 Å². The van der Waals surface area contributed by atoms with E-state index in [1.165, 1.54) is 12.8 Å². The van der Waals surface area contributed by atoms with Gasteiger partial charge in [0, 0.05) is 17.4 Å². The molecular formula is C21H27N3O2. The molecule has 0 bridgehead atoms. The van der Waals surface area contributed by atoms with Crippen molar-refractivity contribution in [1.82, 2.24) is 4.98 Å². The summed E-state index contributed by atoms with van der Waals surface area (Å²) >= 11 is 0. The lowest BCUT2D eigenvalue weighted by Gasteiger charge is -2.10. The van der Waals surface area contributed by atoms with Crippen molar-refractivity contribution in [2.75, 3.05) is 17.7 Å². The molecular weight excluding hydrogens is 326 g/mol. The number of pyridine rings is 1. The summed E-state index contributed by atoms with van der Waals surface area (Å²) in [7, 11) is 0. The third-order valence-corrected chi connectivity index (χ3v) is 4.07. The highest BCUT2D eigenvalue weighted by molar-refractivity contribution is 6.07. The number of allylic oxidation sites excluding steroid dienone is 1. The number of nitrogens with one attached hydrogen (secondary N) is 1. The number of benzene rings is 1. The second kappa shape index (κ2) is 9.61. The van der Waals surface area contributed by atoms with Gasteiger partial charge in [-0.05, 0) is 44.0 Å². The van der Waals surface area contributed by atoms with Gasteiger partial charge in [-0.3, -0.25) is 4.79 Å². The molecule has 1 aromatic heterocycles. The van der Waals surface area contributed by atoms with Crippen LogP contribution in [0.3, 0.4) is 0 Å². The number of nitrogen functional groups attached to an aromatic ring is 1. The first-order valence-corrected chi connectivity index (χ1v) is 8.94. The van der Waals surface area contributed by atoms with E-state index in [0.717, 1.165) is 17.7 Å². The second-order valence-corrected chi connectivity index (χ2v) is 6.23. The predicted octanol–water partition coefficient (Wildman–Crippen LogP) is 4.66. The number of carbonyl (C=O) groups is 1. The second-order valence-electron chi connectivity index (χ2n) is 6.23. The van der Waals surface area contributed by atoms with E-state index in [0.29, 0.717) is 23.6 Å². The van der Waals surface area contributed by atoms with Gasteiger partial charge in [-0.25, -0.2) is 4.98 Å². The molecule has 0 radical (unpaired) electrons. The Bertz CT molecular complexity index is 785. The van der Waals surface area contributed by atoms with Gasteiger partial charge in [-0.1, -0.05) is 38.0 Å². The van der Waals surface area contributed by atoms with E-state index >= 15 is 0 Å². The van der Waals surface area contributed by atoms with Gasteiger partial charge in [0.15, 0.2) is 0 Å². The number of nitrogens with two attached hydrogens (primary N) is 1. The summed E-state index contributed by atoms with van der Waals surface area (Å²) in [6.45, 7) is 6.45. The molecule has 1 amide bonds. The fraction of sp³-hybridized carbons (Fsp3) is 0.333. The molecule has 1 aromatic carbocycles. The molecule has 26 heavy (non-hydrogen) atoms. The Morgan fingerprint density at radius 1 is 1.27 bits per heavy atom. The number of aromatic nitrogens is 1. The molecule has 0 aliphatic carbocycles. The smallest absolute Gasteiger partial charge is 0.259 e. The van der Waals surface area contributed by atoms with Gasteiger partial charge < -0.3 is 15.8 Å². The molecule has 3 N–H and O–H groups in total. The molecule has 0 aliphatic rings. The number of nitrogens with zero attached hydrogens (tertiary/aromatic N) is 1. The number of hydrogen-bond acceptors (Lipinski definition) is 4. The van der Waals surface area contributed by atoms with Crippen LogP contribution in [0, 0.1) is 13.8 Å². The first kappa shape index (κ1) is 19.5. The predicted molar refractivity (Wildman–Crippen MR) is 107 cm³/mol. The largest absolute Gasteiger partial charge is 0.489 e. The molecule has 5 heteroatoms. The molecule has 5 nitrogen and oxygen atoms in total. The molecule has 0 aliphatic heterocycles. The maximum Gasteiger partial charge on any atom is 0.259 e. The summed E-state index contributed by atoms with van der Waals surface area (Å²) in [5, 5.41) is 2.85. The first-order valence-electron chi connectivity index (χ1n) is 8.94. The van der Waals surface area contributed by atoms with Crippen molar-refractivity contribution in [3.63, 3.8) is 0 Å². The molecule has 1 heterocycles. The Morgan fingerprint density at radius 2 is 2.08 bits per heavy atom. The number of unbranched alkanes of at least 4 members (excludes halogenated alkanes) is 2. The van der Waals surface area contributed by atoms with E-state index in [9.17, 15) is 4.79 Å². The minimum absolute atomic E-state index is 0.232. The van der Waals surface area contributed by atoms with Crippen LogP contribution >= 0.6 is 0 Å². The van der Waals surface area contributed by atoms with E-state index in [2.05, 4.69) is 23.3 Å². The van der Waals surface area contributed by atoms with Crippen molar-refractivity contribution in [2.24, 2.45) is 0 Å². The quantitative estimate of drug-likeness (QED) is 0.534. The van der Waals surface area contributed by atoms with Crippen LogP contribution in [-0.2, 0) is 0 Å². The Hall–Kier alpha value is -2.82. The van der Waals surface area contributed by atoms with Gasteiger partial charge in [0.05, 0.1) is 5.56 Å². The average molecular weight is 353 g/mol. The highest BCUT2D eigenvalue weighted by Gasteiger charge is 2.13. The number of carbonyl (C=O) groups excluding carboxylic acids is 1. The monoisotopic (exact) mass is 353 g/mol. The molecule has 0 atom stereocenters. The molecule has 0 saturated carbocycles. The summed E-state index contributed by atoms with van der Waals surface area (Å²) in [5.41, 5.74) is 8.66. The number of aryl methyl sites for hydroxylation is 2. The lowest BCUT2D eigenvalue weighted by molar-refractivity contribution is 0.102. The van der Waals surface area contributed by atoms with Crippen molar-refractivity contribution in [3.05, 3.63) is 59.3 Å². The SMILES string of the molecule is CCCCC=CCOc1cccc(NC(=O)c2cc(C)c(C)nc2N)c1. The van der Waals surface area contributed by atoms with Crippen molar-refractivity contribution in [1.29, 1.82) is 0 Å². The summed E-state index contributed by atoms with van der Waals surface area (Å²) in [4.78, 5) is 16.7. The number of anilines is 2. The maximum atomic E-state index is 12.5. The fourth-order valence-corrected chi connectivity index (χ4v) is 2.42. The van der Waals surface area contributed by atoms with Crippen LogP contribution in [0.1, 0.15) is 47.8 Å². The Kier molecular flexibility index (Phi) is 7.21. The van der Waals surface area contributed by atoms with E-state index in [-0.39, 0.29) is 11.7 Å². The average Bonchev–Trinajstić information content (AvgIpc) is 2.61. The molecule has 2 rings (SSSR count). The van der Waals surface area contributed by atoms with Crippen LogP contribution in [0.15, 0.2) is 42.5 Å². The van der Waals surface area contributed by atoms with Gasteiger partial charge in [0.25, 0.3) is 5.91 Å². The zero-order valence-corrected chi connectivity index (χ0v) is 15.7. The third-order valence-electron chi connectivity index (χ3n) is 4.07. The van der Waals surface area contributed by atoms with Crippen molar-refractivity contribution < 1.29 is 9.53 Å². The Labute approximate surface area is 155 Å². The van der Waals surface area contributed by atoms with Crippen LogP contribution in [0.2, 0.25) is 0 Å². The molecule has 0 fully saturated rings.